The van der Waals surface area contributed by atoms with Crippen LogP contribution < -0.4 is 15.3 Å². The zero-order valence-electron chi connectivity index (χ0n) is 16.2. The van der Waals surface area contributed by atoms with E-state index in [0.29, 0.717) is 6.42 Å². The molecule has 2 aromatic rings. The quantitative estimate of drug-likeness (QED) is 0.587. The molecule has 2 atom stereocenters. The molecular formula is C21H18Cl2F3NO4. The minimum atomic E-state index is -3.24. The van der Waals surface area contributed by atoms with Crippen LogP contribution in [0.3, 0.4) is 0 Å². The topological polar surface area (TPSA) is 68.1 Å². The molecular weight excluding hydrogens is 458 g/mol. The molecule has 0 bridgehead atoms. The van der Waals surface area contributed by atoms with Gasteiger partial charge in [0, 0.05) is 11.4 Å². The number of carboxylic acids is 1. The van der Waals surface area contributed by atoms with Gasteiger partial charge in [0.1, 0.15) is 22.2 Å². The van der Waals surface area contributed by atoms with E-state index in [1.165, 1.54) is 18.2 Å². The van der Waals surface area contributed by atoms with Gasteiger partial charge in [0.15, 0.2) is 6.61 Å². The molecule has 5 nitrogen and oxygen atoms in total. The van der Waals surface area contributed by atoms with Gasteiger partial charge >= 0.3 is 12.6 Å². The minimum Gasteiger partial charge on any atom is -0.481 e. The number of halogens is 5. The third kappa shape index (κ3) is 4.91. The smallest absolute Gasteiger partial charge is 0.387 e. The highest BCUT2D eigenvalue weighted by molar-refractivity contribution is 6.30. The third-order valence-electron chi connectivity index (χ3n) is 4.84. The van der Waals surface area contributed by atoms with Crippen molar-refractivity contribution in [1.82, 2.24) is 0 Å². The summed E-state index contributed by atoms with van der Waals surface area (Å²) >= 11 is 12.7. The van der Waals surface area contributed by atoms with Gasteiger partial charge in [-0.25, -0.2) is 9.18 Å². The minimum absolute atomic E-state index is 0.0121. The van der Waals surface area contributed by atoms with E-state index in [2.05, 4.69) is 4.99 Å². The molecule has 0 saturated heterocycles. The summed E-state index contributed by atoms with van der Waals surface area (Å²) in [5.41, 5.74) is 0.135. The highest BCUT2D eigenvalue weighted by Gasteiger charge is 2.46. The summed E-state index contributed by atoms with van der Waals surface area (Å²) < 4.78 is 51.5. The summed E-state index contributed by atoms with van der Waals surface area (Å²) in [5.74, 6) is -2.29. The summed E-state index contributed by atoms with van der Waals surface area (Å²) in [7, 11) is 0. The summed E-state index contributed by atoms with van der Waals surface area (Å²) in [4.78, 5) is 13.8. The molecule has 0 radical (unpaired) electrons. The molecule has 2 unspecified atom stereocenters. The van der Waals surface area contributed by atoms with Gasteiger partial charge in [0.2, 0.25) is 0 Å². The fraction of sp³-hybridized carbons (Fsp3) is 0.333. The molecule has 1 aliphatic heterocycles. The molecule has 3 rings (SSSR count). The van der Waals surface area contributed by atoms with Crippen LogP contribution in [-0.4, -0.2) is 35.2 Å². The molecule has 0 saturated carbocycles. The molecule has 2 aromatic carbocycles. The van der Waals surface area contributed by atoms with E-state index in [1.54, 1.807) is 19.1 Å². The molecule has 1 aliphatic rings. The zero-order chi connectivity index (χ0) is 22.8. The fourth-order valence-electron chi connectivity index (χ4n) is 3.55. The molecule has 0 aliphatic carbocycles. The second-order valence-electron chi connectivity index (χ2n) is 6.87. The number of aliphatic carboxylic acids is 1. The Balaban J connectivity index is 2.26. The fourth-order valence-corrected chi connectivity index (χ4v) is 4.19. The molecule has 1 heterocycles. The Hall–Kier alpha value is -2.45. The van der Waals surface area contributed by atoms with Crippen molar-refractivity contribution in [1.29, 1.82) is 0 Å². The molecule has 0 aromatic heterocycles. The highest BCUT2D eigenvalue weighted by atomic mass is 35.5. The zero-order valence-corrected chi connectivity index (χ0v) is 17.8. The normalized spacial score (nSPS) is 20.2. The first-order chi connectivity index (χ1) is 14.7. The predicted octanol–water partition coefficient (Wildman–Crippen LogP) is 3.92. The molecule has 31 heavy (non-hydrogen) atoms. The van der Waals surface area contributed by atoms with Crippen molar-refractivity contribution in [2.75, 3.05) is 6.61 Å². The van der Waals surface area contributed by atoms with E-state index >= 15 is 0 Å². The highest BCUT2D eigenvalue weighted by Crippen LogP contribution is 2.40. The number of hydrogen-bond donors (Lipinski definition) is 1. The molecule has 1 N–H and O–H groups in total. The Kier molecular flexibility index (Phi) is 7.01. The van der Waals surface area contributed by atoms with Gasteiger partial charge in [-0.15, -0.1) is 11.6 Å². The first-order valence-electron chi connectivity index (χ1n) is 9.29. The maximum absolute atomic E-state index is 14.5. The Labute approximate surface area is 185 Å². The van der Waals surface area contributed by atoms with Crippen molar-refractivity contribution in [2.45, 2.75) is 37.3 Å². The number of nitrogens with zero attached hydrogens (tertiary/aromatic N) is 1. The maximum Gasteiger partial charge on any atom is 0.387 e. The number of carbonyl (C=O) groups is 1. The number of benzene rings is 2. The SMILES string of the molecule is CCC1N=c2cccc(OCC(=O)O)c2=C(OC(F)F)C1(Cl)Cc1ccc(Cl)cc1F. The van der Waals surface area contributed by atoms with Crippen LogP contribution in [0.15, 0.2) is 41.4 Å². The van der Waals surface area contributed by atoms with Gasteiger partial charge in [0.25, 0.3) is 0 Å². The Morgan fingerprint density at radius 1 is 1.32 bits per heavy atom. The van der Waals surface area contributed by atoms with Crippen LogP contribution in [0.5, 0.6) is 5.75 Å². The van der Waals surface area contributed by atoms with Gasteiger partial charge in [0.05, 0.1) is 16.6 Å². The second kappa shape index (κ2) is 9.36. The average Bonchev–Trinajstić information content (AvgIpc) is 2.70. The Morgan fingerprint density at radius 2 is 2.06 bits per heavy atom. The van der Waals surface area contributed by atoms with Gasteiger partial charge in [-0.2, -0.15) is 8.78 Å². The number of carboxylic acid groups (broad SMARTS) is 1. The molecule has 0 amide bonds. The van der Waals surface area contributed by atoms with Crippen LogP contribution in [0.4, 0.5) is 13.2 Å². The van der Waals surface area contributed by atoms with E-state index in [9.17, 15) is 18.0 Å². The van der Waals surface area contributed by atoms with Crippen molar-refractivity contribution in [2.24, 2.45) is 4.99 Å². The second-order valence-corrected chi connectivity index (χ2v) is 7.98. The number of fused-ring (bicyclic) bond motifs is 1. The summed E-state index contributed by atoms with van der Waals surface area (Å²) in [6.45, 7) is -2.19. The van der Waals surface area contributed by atoms with E-state index < -0.39 is 35.9 Å². The van der Waals surface area contributed by atoms with Gasteiger partial charge in [-0.1, -0.05) is 30.7 Å². The van der Waals surface area contributed by atoms with E-state index in [4.69, 9.17) is 37.8 Å². The molecule has 166 valence electrons. The Morgan fingerprint density at radius 3 is 2.68 bits per heavy atom. The predicted molar refractivity (Wildman–Crippen MR) is 109 cm³/mol. The first kappa shape index (κ1) is 23.2. The van der Waals surface area contributed by atoms with Crippen LogP contribution in [0.1, 0.15) is 18.9 Å². The largest absolute Gasteiger partial charge is 0.481 e. The average molecular weight is 476 g/mol. The Bertz CT molecular complexity index is 1110. The van der Waals surface area contributed by atoms with Crippen molar-refractivity contribution in [3.63, 3.8) is 0 Å². The molecule has 0 fully saturated rings. The van der Waals surface area contributed by atoms with Crippen molar-refractivity contribution < 1.29 is 32.5 Å². The summed E-state index contributed by atoms with van der Waals surface area (Å²) in [6.07, 6.45) is 0.114. The van der Waals surface area contributed by atoms with Crippen LogP contribution in [0.2, 0.25) is 5.02 Å². The standard InChI is InChI=1S/C21H18Cl2F3NO4/c1-2-16-21(23,9-11-6-7-12(22)8-13(11)24)19(31-20(25)26)18-14(27-16)4-3-5-15(18)30-10-17(28)29/h3-8,16,20H,2,9-10H2,1H3,(H,28,29). The summed E-state index contributed by atoms with van der Waals surface area (Å²) in [6, 6.07) is 7.74. The lowest BCUT2D eigenvalue weighted by Crippen LogP contribution is -2.51. The number of hydrogen-bond acceptors (Lipinski definition) is 4. The lowest BCUT2D eigenvalue weighted by Gasteiger charge is -2.37. The summed E-state index contributed by atoms with van der Waals surface area (Å²) in [5, 5.41) is 9.38. The van der Waals surface area contributed by atoms with Crippen molar-refractivity contribution >= 4 is 34.9 Å². The van der Waals surface area contributed by atoms with Crippen LogP contribution in [0.25, 0.3) is 5.76 Å². The van der Waals surface area contributed by atoms with Crippen molar-refractivity contribution in [3.8, 4) is 5.75 Å². The van der Waals surface area contributed by atoms with Crippen LogP contribution >= 0.6 is 23.2 Å². The van der Waals surface area contributed by atoms with Crippen LogP contribution in [-0.2, 0) is 16.0 Å². The number of ether oxygens (including phenoxy) is 2. The van der Waals surface area contributed by atoms with Crippen molar-refractivity contribution in [3.05, 3.63) is 63.4 Å². The maximum atomic E-state index is 14.5. The van der Waals surface area contributed by atoms with E-state index in [-0.39, 0.29) is 39.1 Å². The van der Waals surface area contributed by atoms with Crippen LogP contribution in [0, 0.1) is 5.82 Å². The van der Waals surface area contributed by atoms with E-state index in [1.807, 2.05) is 0 Å². The van der Waals surface area contributed by atoms with Gasteiger partial charge in [-0.05, 0) is 36.2 Å². The number of alkyl halides is 3. The lowest BCUT2D eigenvalue weighted by atomic mass is 9.85. The van der Waals surface area contributed by atoms with E-state index in [0.717, 1.165) is 6.07 Å². The van der Waals surface area contributed by atoms with Gasteiger partial charge < -0.3 is 14.6 Å². The number of rotatable bonds is 8. The third-order valence-corrected chi connectivity index (χ3v) is 5.63. The molecule has 0 spiro atoms. The monoisotopic (exact) mass is 475 g/mol. The lowest BCUT2D eigenvalue weighted by molar-refractivity contribution is -0.139. The first-order valence-corrected chi connectivity index (χ1v) is 10.0. The molecule has 10 heteroatoms. The van der Waals surface area contributed by atoms with Gasteiger partial charge in [-0.3, -0.25) is 4.99 Å².